The lowest BCUT2D eigenvalue weighted by molar-refractivity contribution is 0.271. The van der Waals surface area contributed by atoms with Gasteiger partial charge in [0.15, 0.2) is 0 Å². The molecule has 0 saturated heterocycles. The average molecular weight is 306 g/mol. The Kier molecular flexibility index (Phi) is 5.20. The molecule has 23 heavy (non-hydrogen) atoms. The van der Waals surface area contributed by atoms with Gasteiger partial charge in [0.25, 0.3) is 0 Å². The molecular formula is C23H30. The van der Waals surface area contributed by atoms with Gasteiger partial charge in [0.2, 0.25) is 0 Å². The van der Waals surface area contributed by atoms with Crippen LogP contribution in [0.3, 0.4) is 0 Å². The largest absolute Gasteiger partial charge is 0.0654 e. The van der Waals surface area contributed by atoms with Crippen LogP contribution in [-0.4, -0.2) is 0 Å². The maximum absolute atomic E-state index is 2.41. The molecule has 0 heterocycles. The lowest BCUT2D eigenvalue weighted by atomic mass is 9.67. The van der Waals surface area contributed by atoms with Crippen LogP contribution in [0.1, 0.15) is 69.9 Å². The Hall–Kier alpha value is -1.56. The van der Waals surface area contributed by atoms with Gasteiger partial charge in [-0.25, -0.2) is 0 Å². The third kappa shape index (κ3) is 3.52. The predicted molar refractivity (Wildman–Crippen MR) is 101 cm³/mol. The first-order chi connectivity index (χ1) is 11.3. The number of aryl methyl sites for hydroxylation is 1. The molecular weight excluding hydrogens is 276 g/mol. The van der Waals surface area contributed by atoms with Crippen molar-refractivity contribution in [2.24, 2.45) is 0 Å². The maximum atomic E-state index is 2.41. The Bertz CT molecular complexity index is 592. The van der Waals surface area contributed by atoms with E-state index in [9.17, 15) is 0 Å². The van der Waals surface area contributed by atoms with Gasteiger partial charge in [-0.05, 0) is 53.4 Å². The zero-order valence-electron chi connectivity index (χ0n) is 14.8. The summed E-state index contributed by atoms with van der Waals surface area (Å²) in [7, 11) is 0. The minimum Gasteiger partial charge on any atom is -0.0654 e. The summed E-state index contributed by atoms with van der Waals surface area (Å²) in [6.45, 7) is 4.54. The van der Waals surface area contributed by atoms with E-state index in [1.165, 1.54) is 61.6 Å². The second kappa shape index (κ2) is 7.34. The summed E-state index contributed by atoms with van der Waals surface area (Å²) in [6, 6.07) is 18.5. The van der Waals surface area contributed by atoms with Gasteiger partial charge in [-0.1, -0.05) is 88.1 Å². The fourth-order valence-electron chi connectivity index (χ4n) is 4.34. The van der Waals surface area contributed by atoms with Gasteiger partial charge >= 0.3 is 0 Å². The zero-order chi connectivity index (χ0) is 16.1. The van der Waals surface area contributed by atoms with E-state index in [0.29, 0.717) is 5.41 Å². The van der Waals surface area contributed by atoms with Crippen molar-refractivity contribution in [2.45, 2.75) is 70.6 Å². The van der Waals surface area contributed by atoms with Crippen LogP contribution in [0.4, 0.5) is 0 Å². The molecule has 0 N–H and O–H groups in total. The predicted octanol–water partition coefficient (Wildman–Crippen LogP) is 6.92. The lowest BCUT2D eigenvalue weighted by Gasteiger charge is -2.38. The van der Waals surface area contributed by atoms with E-state index in [0.717, 1.165) is 6.42 Å². The van der Waals surface area contributed by atoms with Crippen LogP contribution >= 0.6 is 0 Å². The van der Waals surface area contributed by atoms with Gasteiger partial charge in [-0.2, -0.15) is 0 Å². The van der Waals surface area contributed by atoms with Crippen molar-refractivity contribution in [1.29, 1.82) is 0 Å². The fraction of sp³-hybridized carbons (Fsp3) is 0.478. The molecule has 0 spiro atoms. The molecule has 1 fully saturated rings. The summed E-state index contributed by atoms with van der Waals surface area (Å²) in [5, 5.41) is 0. The molecule has 3 rings (SSSR count). The first-order valence-electron chi connectivity index (χ1n) is 9.47. The molecule has 0 amide bonds. The van der Waals surface area contributed by atoms with Crippen molar-refractivity contribution in [3.63, 3.8) is 0 Å². The molecule has 1 aliphatic carbocycles. The Morgan fingerprint density at radius 1 is 0.739 bits per heavy atom. The van der Waals surface area contributed by atoms with Gasteiger partial charge in [-0.15, -0.1) is 0 Å². The van der Waals surface area contributed by atoms with Crippen molar-refractivity contribution in [3.8, 4) is 11.1 Å². The Morgan fingerprint density at radius 2 is 1.30 bits per heavy atom. The maximum Gasteiger partial charge on any atom is -0.00471 e. The van der Waals surface area contributed by atoms with E-state index in [2.05, 4.69) is 62.4 Å². The Morgan fingerprint density at radius 3 is 1.83 bits per heavy atom. The van der Waals surface area contributed by atoms with Gasteiger partial charge in [0, 0.05) is 0 Å². The standard InChI is InChI=1S/C23H30/c1-3-16-23(17-6-5-7-18-23)22-14-12-21(13-15-22)20-10-8-19(4-2)9-11-20/h8-15H,3-7,16-18H2,1-2H3. The van der Waals surface area contributed by atoms with Gasteiger partial charge in [-0.3, -0.25) is 0 Å². The van der Waals surface area contributed by atoms with Crippen LogP contribution in [0.2, 0.25) is 0 Å². The Balaban J connectivity index is 1.85. The quantitative estimate of drug-likeness (QED) is 0.562. The van der Waals surface area contributed by atoms with Crippen molar-refractivity contribution in [2.75, 3.05) is 0 Å². The first kappa shape index (κ1) is 16.3. The van der Waals surface area contributed by atoms with Gasteiger partial charge in [0.1, 0.15) is 0 Å². The van der Waals surface area contributed by atoms with E-state index in [1.807, 2.05) is 0 Å². The van der Waals surface area contributed by atoms with Crippen LogP contribution in [0, 0.1) is 0 Å². The van der Waals surface area contributed by atoms with E-state index >= 15 is 0 Å². The van der Waals surface area contributed by atoms with Crippen molar-refractivity contribution < 1.29 is 0 Å². The zero-order valence-corrected chi connectivity index (χ0v) is 14.8. The molecule has 0 nitrogen and oxygen atoms in total. The summed E-state index contributed by atoms with van der Waals surface area (Å²) in [4.78, 5) is 0. The summed E-state index contributed by atoms with van der Waals surface area (Å²) in [5.41, 5.74) is 6.13. The van der Waals surface area contributed by atoms with Crippen LogP contribution in [0.25, 0.3) is 11.1 Å². The highest BCUT2D eigenvalue weighted by molar-refractivity contribution is 5.64. The molecule has 0 heteroatoms. The van der Waals surface area contributed by atoms with Crippen LogP contribution in [0.5, 0.6) is 0 Å². The SMILES string of the molecule is CCCC1(c2ccc(-c3ccc(CC)cc3)cc2)CCCCC1. The van der Waals surface area contributed by atoms with Crippen LogP contribution in [0.15, 0.2) is 48.5 Å². The van der Waals surface area contributed by atoms with E-state index in [4.69, 9.17) is 0 Å². The normalized spacial score (nSPS) is 17.1. The van der Waals surface area contributed by atoms with Gasteiger partial charge < -0.3 is 0 Å². The molecule has 1 saturated carbocycles. The highest BCUT2D eigenvalue weighted by atomic mass is 14.4. The summed E-state index contributed by atoms with van der Waals surface area (Å²) < 4.78 is 0. The van der Waals surface area contributed by atoms with Crippen LogP contribution < -0.4 is 0 Å². The summed E-state index contributed by atoms with van der Waals surface area (Å²) >= 11 is 0. The summed E-state index contributed by atoms with van der Waals surface area (Å²) in [6.07, 6.45) is 10.7. The van der Waals surface area contributed by atoms with Crippen molar-refractivity contribution >= 4 is 0 Å². The number of rotatable bonds is 5. The van der Waals surface area contributed by atoms with Crippen molar-refractivity contribution in [1.82, 2.24) is 0 Å². The number of hydrogen-bond donors (Lipinski definition) is 0. The molecule has 0 radical (unpaired) electrons. The minimum absolute atomic E-state index is 0.456. The molecule has 0 bridgehead atoms. The molecule has 0 atom stereocenters. The Labute approximate surface area is 141 Å². The molecule has 0 unspecified atom stereocenters. The summed E-state index contributed by atoms with van der Waals surface area (Å²) in [5.74, 6) is 0. The third-order valence-electron chi connectivity index (χ3n) is 5.73. The lowest BCUT2D eigenvalue weighted by Crippen LogP contribution is -2.28. The topological polar surface area (TPSA) is 0 Å². The van der Waals surface area contributed by atoms with E-state index < -0.39 is 0 Å². The first-order valence-corrected chi connectivity index (χ1v) is 9.47. The second-order valence-corrected chi connectivity index (χ2v) is 7.22. The van der Waals surface area contributed by atoms with Crippen LogP contribution in [-0.2, 0) is 11.8 Å². The monoisotopic (exact) mass is 306 g/mol. The molecule has 2 aromatic carbocycles. The second-order valence-electron chi connectivity index (χ2n) is 7.22. The molecule has 0 aliphatic heterocycles. The van der Waals surface area contributed by atoms with E-state index in [-0.39, 0.29) is 0 Å². The molecule has 122 valence electrons. The highest BCUT2D eigenvalue weighted by Gasteiger charge is 2.32. The van der Waals surface area contributed by atoms with Crippen molar-refractivity contribution in [3.05, 3.63) is 59.7 Å². The fourth-order valence-corrected chi connectivity index (χ4v) is 4.34. The molecule has 1 aliphatic rings. The molecule has 0 aromatic heterocycles. The molecule has 2 aromatic rings. The van der Waals surface area contributed by atoms with Gasteiger partial charge in [0.05, 0.1) is 0 Å². The highest BCUT2D eigenvalue weighted by Crippen LogP contribution is 2.43. The average Bonchev–Trinajstić information content (AvgIpc) is 2.63. The number of hydrogen-bond acceptors (Lipinski definition) is 0. The third-order valence-corrected chi connectivity index (χ3v) is 5.73. The van der Waals surface area contributed by atoms with E-state index in [1.54, 1.807) is 5.56 Å². The minimum atomic E-state index is 0.456. The number of benzene rings is 2. The smallest absolute Gasteiger partial charge is 0.00471 e.